The molecule has 0 aromatic carbocycles. The van der Waals surface area contributed by atoms with Gasteiger partial charge in [0.05, 0.1) is 11.7 Å². The minimum absolute atomic E-state index is 0.163. The SMILES string of the molecule is C=C1CC[C@H](O)C/C1=C\CC1CCC[C@]2(C)[C@@H]([C@H](C)CCCC(C)(C)O)CC[C@@H]12. The number of allylic oxidation sites excluding steroid dienone is 2. The van der Waals surface area contributed by atoms with Crippen LogP contribution < -0.4 is 0 Å². The van der Waals surface area contributed by atoms with Gasteiger partial charge >= 0.3 is 0 Å². The van der Waals surface area contributed by atoms with Crippen LogP contribution in [-0.2, 0) is 0 Å². The molecule has 166 valence electrons. The predicted molar refractivity (Wildman–Crippen MR) is 123 cm³/mol. The molecule has 2 N–H and O–H groups in total. The van der Waals surface area contributed by atoms with Crippen molar-refractivity contribution >= 4 is 0 Å². The summed E-state index contributed by atoms with van der Waals surface area (Å²) in [5.41, 5.74) is 2.57. The van der Waals surface area contributed by atoms with Gasteiger partial charge in [0.2, 0.25) is 0 Å². The van der Waals surface area contributed by atoms with E-state index in [1.807, 2.05) is 13.8 Å². The quantitative estimate of drug-likeness (QED) is 0.491. The van der Waals surface area contributed by atoms with E-state index in [2.05, 4.69) is 26.5 Å². The molecule has 0 spiro atoms. The Labute approximate surface area is 179 Å². The van der Waals surface area contributed by atoms with Crippen molar-refractivity contribution in [3.63, 3.8) is 0 Å². The molecule has 3 rings (SSSR count). The fourth-order valence-electron chi connectivity index (χ4n) is 7.18. The molecular weight excluding hydrogens is 356 g/mol. The van der Waals surface area contributed by atoms with Crippen LogP contribution in [0.25, 0.3) is 0 Å². The van der Waals surface area contributed by atoms with Crippen LogP contribution in [0.3, 0.4) is 0 Å². The van der Waals surface area contributed by atoms with Gasteiger partial charge in [0.1, 0.15) is 0 Å². The molecule has 0 saturated heterocycles. The van der Waals surface area contributed by atoms with Gasteiger partial charge in [0.25, 0.3) is 0 Å². The van der Waals surface area contributed by atoms with Crippen LogP contribution in [0.2, 0.25) is 0 Å². The van der Waals surface area contributed by atoms with Gasteiger partial charge in [0, 0.05) is 0 Å². The summed E-state index contributed by atoms with van der Waals surface area (Å²) in [6, 6.07) is 0. The van der Waals surface area contributed by atoms with Gasteiger partial charge in [-0.05, 0) is 106 Å². The minimum Gasteiger partial charge on any atom is -0.393 e. The van der Waals surface area contributed by atoms with E-state index in [0.717, 1.165) is 55.8 Å². The van der Waals surface area contributed by atoms with Crippen LogP contribution in [-0.4, -0.2) is 21.9 Å². The van der Waals surface area contributed by atoms with E-state index in [1.54, 1.807) is 0 Å². The summed E-state index contributed by atoms with van der Waals surface area (Å²) in [7, 11) is 0. The second-order valence-corrected chi connectivity index (χ2v) is 11.6. The number of hydrogen-bond donors (Lipinski definition) is 2. The maximum Gasteiger partial charge on any atom is 0.0591 e. The van der Waals surface area contributed by atoms with Gasteiger partial charge in [-0.2, -0.15) is 0 Å². The summed E-state index contributed by atoms with van der Waals surface area (Å²) in [5, 5.41) is 20.1. The molecule has 3 saturated carbocycles. The van der Waals surface area contributed by atoms with Crippen molar-refractivity contribution in [3.8, 4) is 0 Å². The molecule has 6 atom stereocenters. The molecule has 3 aliphatic rings. The fourth-order valence-corrected chi connectivity index (χ4v) is 7.18. The molecular formula is C27H46O2. The van der Waals surface area contributed by atoms with Gasteiger partial charge in [0.15, 0.2) is 0 Å². The second kappa shape index (κ2) is 9.27. The summed E-state index contributed by atoms with van der Waals surface area (Å²) in [6.07, 6.45) is 16.4. The van der Waals surface area contributed by atoms with Gasteiger partial charge in [-0.3, -0.25) is 0 Å². The number of fused-ring (bicyclic) bond motifs is 1. The third kappa shape index (κ3) is 5.56. The van der Waals surface area contributed by atoms with E-state index >= 15 is 0 Å². The number of aliphatic hydroxyl groups is 2. The molecule has 0 heterocycles. The van der Waals surface area contributed by atoms with Crippen molar-refractivity contribution in [1.29, 1.82) is 0 Å². The van der Waals surface area contributed by atoms with Crippen LogP contribution in [0.15, 0.2) is 23.8 Å². The summed E-state index contributed by atoms with van der Waals surface area (Å²) in [5.74, 6) is 3.27. The monoisotopic (exact) mass is 402 g/mol. The van der Waals surface area contributed by atoms with Crippen molar-refractivity contribution in [1.82, 2.24) is 0 Å². The Morgan fingerprint density at radius 1 is 1.24 bits per heavy atom. The van der Waals surface area contributed by atoms with Crippen LogP contribution in [0, 0.1) is 29.1 Å². The Kier molecular flexibility index (Phi) is 7.37. The molecule has 29 heavy (non-hydrogen) atoms. The van der Waals surface area contributed by atoms with E-state index in [-0.39, 0.29) is 6.10 Å². The first-order valence-corrected chi connectivity index (χ1v) is 12.4. The largest absolute Gasteiger partial charge is 0.393 e. The molecule has 0 bridgehead atoms. The Bertz CT molecular complexity index is 598. The molecule has 3 fully saturated rings. The zero-order valence-corrected chi connectivity index (χ0v) is 19.6. The Morgan fingerprint density at radius 3 is 2.72 bits per heavy atom. The highest BCUT2D eigenvalue weighted by atomic mass is 16.3. The third-order valence-corrected chi connectivity index (χ3v) is 8.83. The summed E-state index contributed by atoms with van der Waals surface area (Å²) >= 11 is 0. The normalized spacial score (nSPS) is 38.3. The zero-order chi connectivity index (χ0) is 21.2. The molecule has 2 heteroatoms. The average molecular weight is 403 g/mol. The van der Waals surface area contributed by atoms with Crippen molar-refractivity contribution in [2.75, 3.05) is 0 Å². The molecule has 3 aliphatic carbocycles. The summed E-state index contributed by atoms with van der Waals surface area (Å²) < 4.78 is 0. The summed E-state index contributed by atoms with van der Waals surface area (Å²) in [4.78, 5) is 0. The van der Waals surface area contributed by atoms with Crippen LogP contribution >= 0.6 is 0 Å². The number of rotatable bonds is 7. The van der Waals surface area contributed by atoms with E-state index in [9.17, 15) is 10.2 Å². The molecule has 0 aromatic heterocycles. The predicted octanol–water partition coefficient (Wildman–Crippen LogP) is 6.81. The molecule has 1 unspecified atom stereocenters. The lowest BCUT2D eigenvalue weighted by Gasteiger charge is -2.47. The van der Waals surface area contributed by atoms with Gasteiger partial charge in [-0.25, -0.2) is 0 Å². The molecule has 0 radical (unpaired) electrons. The van der Waals surface area contributed by atoms with E-state index in [1.165, 1.54) is 56.1 Å². The highest BCUT2D eigenvalue weighted by Gasteiger charge is 2.51. The second-order valence-electron chi connectivity index (χ2n) is 11.6. The Hall–Kier alpha value is -0.600. The van der Waals surface area contributed by atoms with Crippen molar-refractivity contribution in [3.05, 3.63) is 23.8 Å². The van der Waals surface area contributed by atoms with Gasteiger partial charge < -0.3 is 10.2 Å². The first-order chi connectivity index (χ1) is 13.6. The fraction of sp³-hybridized carbons (Fsp3) is 0.852. The van der Waals surface area contributed by atoms with Gasteiger partial charge in [-0.1, -0.05) is 51.3 Å². The lowest BCUT2D eigenvalue weighted by Crippen LogP contribution is -2.39. The minimum atomic E-state index is -0.526. The maximum atomic E-state index is 10.0. The molecule has 2 nitrogen and oxygen atoms in total. The van der Waals surface area contributed by atoms with Gasteiger partial charge in [-0.15, -0.1) is 0 Å². The average Bonchev–Trinajstić information content (AvgIpc) is 2.99. The Morgan fingerprint density at radius 2 is 2.00 bits per heavy atom. The smallest absolute Gasteiger partial charge is 0.0591 e. The number of aliphatic hydroxyl groups excluding tert-OH is 1. The van der Waals surface area contributed by atoms with Crippen molar-refractivity contribution in [2.45, 2.75) is 116 Å². The molecule has 0 aromatic rings. The first-order valence-electron chi connectivity index (χ1n) is 12.4. The standard InChI is InChI=1S/C27H46O2/c1-19-10-13-23(28)18-22(19)12-11-21-9-7-17-27(5)24(14-15-25(21)27)20(2)8-6-16-26(3,4)29/h12,20-21,23-25,28-29H,1,6-11,13-18H2,2-5H3/b22-12+/t20-,21?,23+,24-,25+,27-/m1/s1. The zero-order valence-electron chi connectivity index (χ0n) is 19.6. The lowest BCUT2D eigenvalue weighted by molar-refractivity contribution is 0.0260. The lowest BCUT2D eigenvalue weighted by atomic mass is 9.58. The van der Waals surface area contributed by atoms with Crippen molar-refractivity contribution < 1.29 is 10.2 Å². The van der Waals surface area contributed by atoms with Crippen molar-refractivity contribution in [2.24, 2.45) is 29.1 Å². The van der Waals surface area contributed by atoms with E-state index in [0.29, 0.717) is 5.41 Å². The highest BCUT2D eigenvalue weighted by molar-refractivity contribution is 5.31. The van der Waals surface area contributed by atoms with Crippen LogP contribution in [0.5, 0.6) is 0 Å². The molecule has 0 amide bonds. The maximum absolute atomic E-state index is 10.0. The summed E-state index contributed by atoms with van der Waals surface area (Å²) in [6.45, 7) is 13.2. The first kappa shape index (κ1) is 23.1. The van der Waals surface area contributed by atoms with E-state index in [4.69, 9.17) is 0 Å². The Balaban J connectivity index is 1.61. The third-order valence-electron chi connectivity index (χ3n) is 8.83. The number of hydrogen-bond acceptors (Lipinski definition) is 2. The van der Waals surface area contributed by atoms with E-state index < -0.39 is 5.60 Å². The molecule has 0 aliphatic heterocycles. The van der Waals surface area contributed by atoms with Crippen LogP contribution in [0.1, 0.15) is 105 Å². The topological polar surface area (TPSA) is 40.5 Å². The highest BCUT2D eigenvalue weighted by Crippen LogP contribution is 2.60. The van der Waals surface area contributed by atoms with Crippen LogP contribution in [0.4, 0.5) is 0 Å².